The Morgan fingerprint density at radius 1 is 1.04 bits per heavy atom. The molecule has 0 unspecified atom stereocenters. The second-order valence-electron chi connectivity index (χ2n) is 6.42. The largest absolute Gasteiger partial charge is 0.341 e. The second kappa shape index (κ2) is 8.81. The van der Waals surface area contributed by atoms with Gasteiger partial charge in [0.2, 0.25) is 11.8 Å². The van der Waals surface area contributed by atoms with E-state index in [0.717, 1.165) is 11.3 Å². The number of aromatic amines is 1. The monoisotopic (exact) mass is 390 g/mol. The normalized spacial score (nSPS) is 14.8. The van der Waals surface area contributed by atoms with Crippen molar-refractivity contribution in [1.82, 2.24) is 19.4 Å². The van der Waals surface area contributed by atoms with Gasteiger partial charge in [-0.3, -0.25) is 19.4 Å². The van der Waals surface area contributed by atoms with Crippen molar-refractivity contribution in [2.24, 2.45) is 0 Å². The Morgan fingerprint density at radius 2 is 1.78 bits per heavy atom. The van der Waals surface area contributed by atoms with Gasteiger partial charge in [-0.15, -0.1) is 11.3 Å². The van der Waals surface area contributed by atoms with Crippen molar-refractivity contribution in [3.8, 4) is 0 Å². The lowest BCUT2D eigenvalue weighted by molar-refractivity contribution is -0.133. The summed E-state index contributed by atoms with van der Waals surface area (Å²) >= 11 is 1.57. The van der Waals surface area contributed by atoms with Crippen molar-refractivity contribution in [3.05, 3.63) is 55.5 Å². The molecule has 1 saturated heterocycles. The van der Waals surface area contributed by atoms with E-state index in [2.05, 4.69) is 4.98 Å². The molecule has 1 N–H and O–H groups in total. The van der Waals surface area contributed by atoms with Gasteiger partial charge in [0.15, 0.2) is 0 Å². The van der Waals surface area contributed by atoms with Crippen LogP contribution >= 0.6 is 11.3 Å². The lowest BCUT2D eigenvalue weighted by Crippen LogP contribution is -2.38. The summed E-state index contributed by atoms with van der Waals surface area (Å²) in [5.74, 6) is 0.0344. The number of nitrogens with zero attached hydrogens (tertiary/aromatic N) is 3. The van der Waals surface area contributed by atoms with Gasteiger partial charge in [0.05, 0.1) is 6.42 Å². The quantitative estimate of drug-likeness (QED) is 0.794. The fourth-order valence-corrected chi connectivity index (χ4v) is 3.78. The van der Waals surface area contributed by atoms with Gasteiger partial charge >= 0.3 is 5.69 Å². The highest BCUT2D eigenvalue weighted by Crippen LogP contribution is 2.12. The fraction of sp³-hybridized carbons (Fsp3) is 0.444. The van der Waals surface area contributed by atoms with Crippen LogP contribution < -0.4 is 11.2 Å². The molecule has 0 atom stereocenters. The molecule has 9 heteroatoms. The van der Waals surface area contributed by atoms with E-state index in [-0.39, 0.29) is 24.8 Å². The molecule has 1 aliphatic rings. The first kappa shape index (κ1) is 19.1. The van der Waals surface area contributed by atoms with Gasteiger partial charge in [0.25, 0.3) is 5.56 Å². The summed E-state index contributed by atoms with van der Waals surface area (Å²) in [5, 5.41) is 1.96. The van der Waals surface area contributed by atoms with Crippen LogP contribution in [0.15, 0.2) is 39.4 Å². The van der Waals surface area contributed by atoms with Crippen molar-refractivity contribution in [1.29, 1.82) is 0 Å². The Kier molecular flexibility index (Phi) is 6.23. The first-order valence-electron chi connectivity index (χ1n) is 8.90. The molecule has 2 amide bonds. The molecule has 0 saturated carbocycles. The summed E-state index contributed by atoms with van der Waals surface area (Å²) in [6.45, 7) is 2.48. The van der Waals surface area contributed by atoms with Gasteiger partial charge in [-0.1, -0.05) is 6.07 Å². The SMILES string of the molecule is O=C(CCn1ccc(=O)[nH]c1=O)N1CCCN(C(=O)Cc2cccs2)CC1. The van der Waals surface area contributed by atoms with Crippen LogP contribution in [0.2, 0.25) is 0 Å². The van der Waals surface area contributed by atoms with Gasteiger partial charge in [-0.05, 0) is 17.9 Å². The van der Waals surface area contributed by atoms with Crippen LogP contribution in [-0.2, 0) is 22.6 Å². The van der Waals surface area contributed by atoms with Gasteiger partial charge in [0.1, 0.15) is 0 Å². The summed E-state index contributed by atoms with van der Waals surface area (Å²) in [6, 6.07) is 5.15. The Bertz CT molecular complexity index is 903. The lowest BCUT2D eigenvalue weighted by Gasteiger charge is -2.22. The van der Waals surface area contributed by atoms with Crippen LogP contribution in [0.25, 0.3) is 0 Å². The molecule has 144 valence electrons. The number of amides is 2. The summed E-state index contributed by atoms with van der Waals surface area (Å²) in [4.78, 5) is 54.4. The minimum Gasteiger partial charge on any atom is -0.341 e. The molecular formula is C18H22N4O4S. The molecule has 3 rings (SSSR count). The molecule has 2 aromatic rings. The highest BCUT2D eigenvalue weighted by Gasteiger charge is 2.22. The van der Waals surface area contributed by atoms with Gasteiger partial charge in [0, 0.05) is 56.3 Å². The summed E-state index contributed by atoms with van der Waals surface area (Å²) in [5.41, 5.74) is -0.973. The number of aromatic nitrogens is 2. The number of rotatable bonds is 5. The van der Waals surface area contributed by atoms with Crippen molar-refractivity contribution in [2.75, 3.05) is 26.2 Å². The van der Waals surface area contributed by atoms with Gasteiger partial charge in [-0.2, -0.15) is 0 Å². The molecule has 27 heavy (non-hydrogen) atoms. The maximum Gasteiger partial charge on any atom is 0.328 e. The molecule has 0 bridgehead atoms. The minimum atomic E-state index is -0.517. The maximum atomic E-state index is 12.5. The zero-order chi connectivity index (χ0) is 19.2. The Morgan fingerprint density at radius 3 is 2.44 bits per heavy atom. The zero-order valence-electron chi connectivity index (χ0n) is 14.9. The number of H-pyrrole nitrogens is 1. The zero-order valence-corrected chi connectivity index (χ0v) is 15.7. The predicted molar refractivity (Wildman–Crippen MR) is 102 cm³/mol. The van der Waals surface area contributed by atoms with E-state index in [1.165, 1.54) is 16.8 Å². The van der Waals surface area contributed by atoms with Crippen molar-refractivity contribution in [2.45, 2.75) is 25.8 Å². The number of hydrogen-bond acceptors (Lipinski definition) is 5. The number of thiophene rings is 1. The third kappa shape index (κ3) is 5.16. The molecule has 3 heterocycles. The van der Waals surface area contributed by atoms with E-state index in [0.29, 0.717) is 32.6 Å². The van der Waals surface area contributed by atoms with Crippen molar-refractivity contribution in [3.63, 3.8) is 0 Å². The molecule has 1 aliphatic heterocycles. The van der Waals surface area contributed by atoms with Gasteiger partial charge < -0.3 is 14.4 Å². The van der Waals surface area contributed by atoms with Crippen LogP contribution in [-0.4, -0.2) is 57.3 Å². The smallest absolute Gasteiger partial charge is 0.328 e. The summed E-state index contributed by atoms with van der Waals surface area (Å²) in [6.07, 6.45) is 2.71. The predicted octanol–water partition coefficient (Wildman–Crippen LogP) is 0.292. The van der Waals surface area contributed by atoms with Crippen LogP contribution in [0.4, 0.5) is 0 Å². The first-order chi connectivity index (χ1) is 13.0. The first-order valence-corrected chi connectivity index (χ1v) is 9.78. The van der Waals surface area contributed by atoms with Crippen molar-refractivity contribution < 1.29 is 9.59 Å². The Balaban J connectivity index is 1.51. The highest BCUT2D eigenvalue weighted by atomic mass is 32.1. The standard InChI is InChI=1S/C18H22N4O4S/c23-15-4-8-22(18(26)19-15)9-5-16(24)20-6-2-7-21(11-10-20)17(25)13-14-3-1-12-27-14/h1,3-4,8,12H,2,5-7,9-11,13H2,(H,19,23,26). The van der Waals surface area contributed by atoms with E-state index in [1.807, 2.05) is 22.4 Å². The number of aryl methyl sites for hydroxylation is 1. The van der Waals surface area contributed by atoms with Crippen LogP contribution in [0, 0.1) is 0 Å². The average Bonchev–Trinajstić information content (AvgIpc) is 3.01. The van der Waals surface area contributed by atoms with Gasteiger partial charge in [-0.25, -0.2) is 4.79 Å². The molecule has 0 radical (unpaired) electrons. The fourth-order valence-electron chi connectivity index (χ4n) is 3.08. The molecule has 0 aromatic carbocycles. The number of carbonyl (C=O) groups excluding carboxylic acids is 2. The topological polar surface area (TPSA) is 95.5 Å². The molecule has 8 nitrogen and oxygen atoms in total. The highest BCUT2D eigenvalue weighted by molar-refractivity contribution is 7.10. The molecule has 1 fully saturated rings. The number of nitrogens with one attached hydrogen (secondary N) is 1. The Labute approximate surface area is 160 Å². The van der Waals surface area contributed by atoms with E-state index in [9.17, 15) is 19.2 Å². The summed E-state index contributed by atoms with van der Waals surface area (Å²) in [7, 11) is 0. The number of hydrogen-bond donors (Lipinski definition) is 1. The average molecular weight is 390 g/mol. The third-order valence-corrected chi connectivity index (χ3v) is 5.45. The maximum absolute atomic E-state index is 12.5. The van der Waals surface area contributed by atoms with E-state index >= 15 is 0 Å². The lowest BCUT2D eigenvalue weighted by atomic mass is 10.3. The Hall–Kier alpha value is -2.68. The second-order valence-corrected chi connectivity index (χ2v) is 7.46. The molecule has 0 aliphatic carbocycles. The van der Waals surface area contributed by atoms with Crippen LogP contribution in [0.3, 0.4) is 0 Å². The third-order valence-electron chi connectivity index (χ3n) is 4.57. The van der Waals surface area contributed by atoms with E-state index in [4.69, 9.17) is 0 Å². The molecule has 0 spiro atoms. The molecule has 2 aromatic heterocycles. The van der Waals surface area contributed by atoms with Crippen LogP contribution in [0.5, 0.6) is 0 Å². The molecular weight excluding hydrogens is 368 g/mol. The minimum absolute atomic E-state index is 0.0549. The number of carbonyl (C=O) groups is 2. The summed E-state index contributed by atoms with van der Waals surface area (Å²) < 4.78 is 1.31. The van der Waals surface area contributed by atoms with E-state index in [1.54, 1.807) is 16.2 Å². The van der Waals surface area contributed by atoms with Crippen molar-refractivity contribution >= 4 is 23.2 Å². The van der Waals surface area contributed by atoms with E-state index < -0.39 is 11.2 Å². The van der Waals surface area contributed by atoms with Crippen LogP contribution in [0.1, 0.15) is 17.7 Å².